The second-order valence-electron chi connectivity index (χ2n) is 7.06. The van der Waals surface area contributed by atoms with Crippen molar-refractivity contribution < 1.29 is 0 Å². The predicted octanol–water partition coefficient (Wildman–Crippen LogP) is 6.25. The van der Waals surface area contributed by atoms with E-state index in [0.29, 0.717) is 0 Å². The zero-order valence-electron chi connectivity index (χ0n) is 13.5. The summed E-state index contributed by atoms with van der Waals surface area (Å²) >= 11 is 0. The minimum atomic E-state index is 1.05. The molecule has 2 bridgehead atoms. The minimum absolute atomic E-state index is 1.05. The number of benzene rings is 1. The van der Waals surface area contributed by atoms with Gasteiger partial charge in [0.25, 0.3) is 0 Å². The summed E-state index contributed by atoms with van der Waals surface area (Å²) in [5.74, 6) is 3.33. The fourth-order valence-corrected chi connectivity index (χ4v) is 4.06. The quantitative estimate of drug-likeness (QED) is 0.568. The molecule has 1 aromatic rings. The Balaban J connectivity index is 0.000000149. The molecule has 0 amide bonds. The summed E-state index contributed by atoms with van der Waals surface area (Å²) in [6.07, 6.45) is 13.0. The van der Waals surface area contributed by atoms with E-state index in [1.807, 2.05) is 0 Å². The summed E-state index contributed by atoms with van der Waals surface area (Å²) < 4.78 is 0. The molecule has 0 aliphatic heterocycles. The fourth-order valence-electron chi connectivity index (χ4n) is 4.06. The van der Waals surface area contributed by atoms with Crippen LogP contribution >= 0.6 is 0 Å². The Morgan fingerprint density at radius 2 is 1.55 bits per heavy atom. The second kappa shape index (κ2) is 8.49. The Hall–Kier alpha value is -0.780. The van der Waals surface area contributed by atoms with Crippen LogP contribution in [-0.4, -0.2) is 0 Å². The van der Waals surface area contributed by atoms with E-state index in [4.69, 9.17) is 0 Å². The molecular formula is C20H32. The van der Waals surface area contributed by atoms with E-state index in [-0.39, 0.29) is 0 Å². The first-order chi connectivity index (χ1) is 9.78. The Labute approximate surface area is 126 Å². The Kier molecular flexibility index (Phi) is 6.63. The Bertz CT molecular complexity index is 342. The first-order valence-corrected chi connectivity index (χ1v) is 8.81. The molecule has 0 spiro atoms. The van der Waals surface area contributed by atoms with Crippen molar-refractivity contribution in [2.75, 3.05) is 0 Å². The van der Waals surface area contributed by atoms with Crippen molar-refractivity contribution >= 4 is 0 Å². The van der Waals surface area contributed by atoms with Crippen LogP contribution in [0.1, 0.15) is 70.8 Å². The van der Waals surface area contributed by atoms with Crippen LogP contribution in [0.2, 0.25) is 0 Å². The van der Waals surface area contributed by atoms with Gasteiger partial charge in [-0.25, -0.2) is 0 Å². The van der Waals surface area contributed by atoms with Crippen LogP contribution in [0, 0.1) is 17.8 Å². The second-order valence-corrected chi connectivity index (χ2v) is 7.06. The number of unbranched alkanes of at least 4 members (excludes halogenated alkanes) is 2. The molecule has 2 aliphatic rings. The van der Waals surface area contributed by atoms with Gasteiger partial charge in [0, 0.05) is 0 Å². The Morgan fingerprint density at radius 1 is 0.900 bits per heavy atom. The van der Waals surface area contributed by atoms with Crippen LogP contribution in [0.25, 0.3) is 0 Å². The minimum Gasteiger partial charge on any atom is -0.0654 e. The number of aryl methyl sites for hydroxylation is 1. The molecule has 0 heterocycles. The van der Waals surface area contributed by atoms with E-state index in [1.54, 1.807) is 19.3 Å². The molecule has 1 aromatic carbocycles. The van der Waals surface area contributed by atoms with Gasteiger partial charge >= 0.3 is 0 Å². The zero-order chi connectivity index (χ0) is 14.2. The van der Waals surface area contributed by atoms with Crippen LogP contribution in [0.3, 0.4) is 0 Å². The molecular weight excluding hydrogens is 240 g/mol. The predicted molar refractivity (Wildman–Crippen MR) is 88.9 cm³/mol. The standard InChI is InChI=1S/C11H16.C9H16/c1-2-3-5-8-11-9-6-4-7-10-11;1-7-4-8-2-3-9(5-7)6-8/h4,6-7,9-10H,2-3,5,8H2,1H3;7-9H,2-6H2,1H3. The molecule has 0 N–H and O–H groups in total. The topological polar surface area (TPSA) is 0 Å². The first kappa shape index (κ1) is 15.6. The van der Waals surface area contributed by atoms with Crippen molar-refractivity contribution in [1.82, 2.24) is 0 Å². The van der Waals surface area contributed by atoms with Crippen LogP contribution in [0.5, 0.6) is 0 Å². The van der Waals surface area contributed by atoms with Crippen molar-refractivity contribution in [3.05, 3.63) is 35.9 Å². The lowest BCUT2D eigenvalue weighted by molar-refractivity contribution is 0.278. The highest BCUT2D eigenvalue weighted by Crippen LogP contribution is 2.44. The van der Waals surface area contributed by atoms with Gasteiger partial charge in [0.2, 0.25) is 0 Å². The van der Waals surface area contributed by atoms with Crippen LogP contribution in [0.4, 0.5) is 0 Å². The summed E-state index contributed by atoms with van der Waals surface area (Å²) in [5, 5.41) is 0. The van der Waals surface area contributed by atoms with Crippen molar-refractivity contribution in [3.63, 3.8) is 0 Å². The van der Waals surface area contributed by atoms with E-state index in [1.165, 1.54) is 44.1 Å². The van der Waals surface area contributed by atoms with Crippen molar-refractivity contribution in [2.24, 2.45) is 17.8 Å². The number of fused-ring (bicyclic) bond motifs is 2. The third kappa shape index (κ3) is 5.31. The average Bonchev–Trinajstić information content (AvgIpc) is 2.80. The number of hydrogen-bond acceptors (Lipinski definition) is 0. The van der Waals surface area contributed by atoms with Gasteiger partial charge in [-0.2, -0.15) is 0 Å². The lowest BCUT2D eigenvalue weighted by atomic mass is 9.82. The van der Waals surface area contributed by atoms with Gasteiger partial charge in [-0.05, 0) is 55.4 Å². The maximum Gasteiger partial charge on any atom is -0.0279 e. The van der Waals surface area contributed by atoms with Gasteiger partial charge in [-0.15, -0.1) is 0 Å². The smallest absolute Gasteiger partial charge is 0.0279 e. The monoisotopic (exact) mass is 272 g/mol. The van der Waals surface area contributed by atoms with E-state index >= 15 is 0 Å². The summed E-state index contributed by atoms with van der Waals surface area (Å²) in [7, 11) is 0. The van der Waals surface area contributed by atoms with E-state index in [9.17, 15) is 0 Å². The lowest BCUT2D eigenvalue weighted by Crippen LogP contribution is -2.12. The van der Waals surface area contributed by atoms with E-state index < -0.39 is 0 Å². The largest absolute Gasteiger partial charge is 0.0654 e. The molecule has 0 nitrogen and oxygen atoms in total. The zero-order valence-corrected chi connectivity index (χ0v) is 13.5. The van der Waals surface area contributed by atoms with E-state index in [2.05, 4.69) is 44.2 Å². The molecule has 2 atom stereocenters. The molecule has 3 rings (SSSR count). The maximum atomic E-state index is 2.42. The van der Waals surface area contributed by atoms with Crippen molar-refractivity contribution in [1.29, 1.82) is 0 Å². The van der Waals surface area contributed by atoms with Crippen LogP contribution in [0.15, 0.2) is 30.3 Å². The normalized spacial score (nSPS) is 27.8. The number of rotatable bonds is 4. The molecule has 0 heteroatoms. The summed E-state index contributed by atoms with van der Waals surface area (Å²) in [6.45, 7) is 4.66. The molecule has 20 heavy (non-hydrogen) atoms. The van der Waals surface area contributed by atoms with Gasteiger partial charge < -0.3 is 0 Å². The summed E-state index contributed by atoms with van der Waals surface area (Å²) in [6, 6.07) is 10.7. The third-order valence-corrected chi connectivity index (χ3v) is 5.03. The molecule has 2 fully saturated rings. The SMILES string of the molecule is CC1CC2CCC(C1)C2.CCCCCc1ccccc1. The van der Waals surface area contributed by atoms with Gasteiger partial charge in [0.1, 0.15) is 0 Å². The molecule has 2 unspecified atom stereocenters. The highest BCUT2D eigenvalue weighted by molar-refractivity contribution is 5.14. The molecule has 2 saturated carbocycles. The molecule has 0 radical (unpaired) electrons. The summed E-state index contributed by atoms with van der Waals surface area (Å²) in [5.41, 5.74) is 1.47. The molecule has 2 aliphatic carbocycles. The molecule has 0 saturated heterocycles. The fraction of sp³-hybridized carbons (Fsp3) is 0.700. The molecule has 112 valence electrons. The third-order valence-electron chi connectivity index (χ3n) is 5.03. The average molecular weight is 272 g/mol. The highest BCUT2D eigenvalue weighted by atomic mass is 14.4. The lowest BCUT2D eigenvalue weighted by Gasteiger charge is -2.23. The van der Waals surface area contributed by atoms with Gasteiger partial charge in [0.05, 0.1) is 0 Å². The van der Waals surface area contributed by atoms with Crippen LogP contribution < -0.4 is 0 Å². The first-order valence-electron chi connectivity index (χ1n) is 8.81. The van der Waals surface area contributed by atoms with Gasteiger partial charge in [-0.3, -0.25) is 0 Å². The van der Waals surface area contributed by atoms with Crippen molar-refractivity contribution in [3.8, 4) is 0 Å². The van der Waals surface area contributed by atoms with Gasteiger partial charge in [-0.1, -0.05) is 69.9 Å². The maximum absolute atomic E-state index is 2.42. The number of hydrogen-bond donors (Lipinski definition) is 0. The van der Waals surface area contributed by atoms with Crippen molar-refractivity contribution in [2.45, 2.75) is 71.6 Å². The van der Waals surface area contributed by atoms with Crippen LogP contribution in [-0.2, 0) is 6.42 Å². The summed E-state index contributed by atoms with van der Waals surface area (Å²) in [4.78, 5) is 0. The van der Waals surface area contributed by atoms with E-state index in [0.717, 1.165) is 17.8 Å². The Morgan fingerprint density at radius 3 is 2.15 bits per heavy atom. The van der Waals surface area contributed by atoms with Gasteiger partial charge in [0.15, 0.2) is 0 Å². The molecule has 0 aromatic heterocycles. The highest BCUT2D eigenvalue weighted by Gasteiger charge is 2.31.